The maximum atomic E-state index is 13.7. The first-order chi connectivity index (χ1) is 21.4. The lowest BCUT2D eigenvalue weighted by Crippen LogP contribution is -2.63. The van der Waals surface area contributed by atoms with Crippen LogP contribution in [0.4, 0.5) is 11.8 Å². The van der Waals surface area contributed by atoms with Gasteiger partial charge in [-0.1, -0.05) is 6.42 Å². The minimum Gasteiger partial charge on any atom is -0.458 e. The predicted octanol–water partition coefficient (Wildman–Crippen LogP) is 3.92. The molecule has 6 unspecified atom stereocenters. The fourth-order valence-corrected chi connectivity index (χ4v) is 7.87. The largest absolute Gasteiger partial charge is 0.458 e. The van der Waals surface area contributed by atoms with Gasteiger partial charge in [0.05, 0.1) is 5.56 Å². The molecule has 2 saturated heterocycles. The summed E-state index contributed by atoms with van der Waals surface area (Å²) >= 11 is 0. The van der Waals surface area contributed by atoms with Crippen LogP contribution in [0.3, 0.4) is 0 Å². The molecule has 12 heteroatoms. The van der Waals surface area contributed by atoms with Crippen molar-refractivity contribution in [1.29, 1.82) is 0 Å². The highest BCUT2D eigenvalue weighted by molar-refractivity contribution is 5.98. The topological polar surface area (TPSA) is 135 Å². The SMILES string of the molecule is CN(C)C(=O)c1cc2cnc(Nc3ccc(C(=O)N4CC5CCC(N5)C4C(=O)OC(C)(C)C)cn3)nc2n1C1CC2CCC1C2. The second-order valence-electron chi connectivity index (χ2n) is 14.4. The lowest BCUT2D eigenvalue weighted by molar-refractivity contribution is -0.162. The van der Waals surface area contributed by atoms with Crippen LogP contribution < -0.4 is 10.6 Å². The van der Waals surface area contributed by atoms with Crippen LogP contribution in [0.1, 0.15) is 86.2 Å². The molecular weight excluding hydrogens is 572 g/mol. The summed E-state index contributed by atoms with van der Waals surface area (Å²) in [6.45, 7) is 5.94. The summed E-state index contributed by atoms with van der Waals surface area (Å²) in [5, 5.41) is 7.48. The lowest BCUT2D eigenvalue weighted by atomic mass is 9.95. The van der Waals surface area contributed by atoms with Crippen LogP contribution in [-0.2, 0) is 9.53 Å². The maximum Gasteiger partial charge on any atom is 0.331 e. The van der Waals surface area contributed by atoms with Crippen LogP contribution in [0.5, 0.6) is 0 Å². The van der Waals surface area contributed by atoms with E-state index in [0.29, 0.717) is 41.4 Å². The molecule has 0 spiro atoms. The predicted molar refractivity (Wildman–Crippen MR) is 168 cm³/mol. The molecule has 3 aromatic rings. The molecule has 4 fully saturated rings. The number of esters is 1. The van der Waals surface area contributed by atoms with Crippen LogP contribution in [0.25, 0.3) is 11.0 Å². The summed E-state index contributed by atoms with van der Waals surface area (Å²) in [4.78, 5) is 57.3. The van der Waals surface area contributed by atoms with E-state index in [2.05, 4.69) is 25.2 Å². The number of rotatable bonds is 6. The van der Waals surface area contributed by atoms with E-state index in [-0.39, 0.29) is 29.9 Å². The summed E-state index contributed by atoms with van der Waals surface area (Å²) in [5.74, 6) is 1.43. The van der Waals surface area contributed by atoms with Gasteiger partial charge >= 0.3 is 5.97 Å². The number of nitrogens with one attached hydrogen (secondary N) is 2. The van der Waals surface area contributed by atoms with Crippen LogP contribution in [0.2, 0.25) is 0 Å². The Balaban J connectivity index is 1.12. The number of carbonyl (C=O) groups is 3. The standard InChI is InChI=1S/C33H42N8O4/c1-33(2,3)45-31(44)27-23-10-9-22(36-23)17-40(27)29(42)20-8-11-26(34-15-20)37-32-35-16-21-14-25(30(43)39(4)5)41(28(21)38-32)24-13-18-6-7-19(24)12-18/h8,11,14-16,18-19,22-24,27,36H,6-7,9-10,12-13,17H2,1-5H3,(H,34,35,37,38). The van der Waals surface area contributed by atoms with Gasteiger partial charge in [-0.25, -0.2) is 14.8 Å². The molecule has 45 heavy (non-hydrogen) atoms. The van der Waals surface area contributed by atoms with Crippen molar-refractivity contribution >= 4 is 40.6 Å². The molecule has 3 aromatic heterocycles. The van der Waals surface area contributed by atoms with Gasteiger partial charge in [0.15, 0.2) is 0 Å². The number of amides is 2. The average Bonchev–Trinajstić information content (AvgIpc) is 3.79. The van der Waals surface area contributed by atoms with Crippen molar-refractivity contribution in [3.8, 4) is 0 Å². The van der Waals surface area contributed by atoms with E-state index in [1.165, 1.54) is 25.5 Å². The smallest absolute Gasteiger partial charge is 0.331 e. The zero-order valence-corrected chi connectivity index (χ0v) is 26.6. The highest BCUT2D eigenvalue weighted by Crippen LogP contribution is 2.52. The first-order valence-electron chi connectivity index (χ1n) is 16.1. The van der Waals surface area contributed by atoms with Gasteiger partial charge in [-0.15, -0.1) is 0 Å². The third-order valence-electron chi connectivity index (χ3n) is 9.80. The Morgan fingerprint density at radius 1 is 1.04 bits per heavy atom. The average molecular weight is 615 g/mol. The van der Waals surface area contributed by atoms with Gasteiger partial charge in [-0.05, 0) is 82.9 Å². The number of aromatic nitrogens is 4. The van der Waals surface area contributed by atoms with E-state index in [9.17, 15) is 14.4 Å². The van der Waals surface area contributed by atoms with Gasteiger partial charge in [0, 0.05) is 56.5 Å². The Hall–Kier alpha value is -4.06. The second-order valence-corrected chi connectivity index (χ2v) is 14.4. The van der Waals surface area contributed by atoms with Crippen LogP contribution in [0.15, 0.2) is 30.6 Å². The second kappa shape index (κ2) is 11.1. The summed E-state index contributed by atoms with van der Waals surface area (Å²) in [6.07, 6.45) is 9.72. The van der Waals surface area contributed by atoms with Crippen molar-refractivity contribution in [2.45, 2.75) is 89.1 Å². The minimum atomic E-state index is -0.691. The molecule has 2 amide bonds. The molecule has 0 radical (unpaired) electrons. The number of pyridine rings is 1. The number of ether oxygens (including phenoxy) is 1. The highest BCUT2D eigenvalue weighted by Gasteiger charge is 2.47. The van der Waals surface area contributed by atoms with Gasteiger partial charge in [-0.3, -0.25) is 9.59 Å². The van der Waals surface area contributed by atoms with Crippen LogP contribution >= 0.6 is 0 Å². The van der Waals surface area contributed by atoms with Crippen LogP contribution in [0, 0.1) is 11.8 Å². The number of hydrogen-bond donors (Lipinski definition) is 2. The number of fused-ring (bicyclic) bond motifs is 5. The number of hydrogen-bond acceptors (Lipinski definition) is 9. The van der Waals surface area contributed by atoms with Crippen molar-refractivity contribution in [1.82, 2.24) is 34.6 Å². The van der Waals surface area contributed by atoms with Crippen molar-refractivity contribution in [2.75, 3.05) is 26.0 Å². The third kappa shape index (κ3) is 5.53. The van der Waals surface area contributed by atoms with Crippen molar-refractivity contribution < 1.29 is 19.1 Å². The molecular formula is C33H42N8O4. The Bertz CT molecular complexity index is 1640. The summed E-state index contributed by atoms with van der Waals surface area (Å²) in [6, 6.07) is 4.91. The molecule has 2 saturated carbocycles. The molecule has 7 rings (SSSR count). The van der Waals surface area contributed by atoms with E-state index in [1.54, 1.807) is 42.2 Å². The van der Waals surface area contributed by atoms with E-state index >= 15 is 0 Å². The van der Waals surface area contributed by atoms with Crippen LogP contribution in [-0.4, -0.2) is 91.5 Å². The molecule has 5 heterocycles. The Kier molecular flexibility index (Phi) is 7.30. The van der Waals surface area contributed by atoms with Gasteiger partial charge in [0.2, 0.25) is 5.95 Å². The van der Waals surface area contributed by atoms with E-state index in [4.69, 9.17) is 9.72 Å². The first-order valence-corrected chi connectivity index (χ1v) is 16.1. The molecule has 2 aliphatic carbocycles. The molecule has 0 aromatic carbocycles. The Morgan fingerprint density at radius 2 is 1.87 bits per heavy atom. The van der Waals surface area contributed by atoms with Gasteiger partial charge in [0.25, 0.3) is 11.8 Å². The zero-order chi connectivity index (χ0) is 31.6. The molecule has 4 bridgehead atoms. The first kappa shape index (κ1) is 29.6. The van der Waals surface area contributed by atoms with E-state index in [0.717, 1.165) is 30.3 Å². The quantitative estimate of drug-likeness (QED) is 0.396. The maximum absolute atomic E-state index is 13.7. The summed E-state index contributed by atoms with van der Waals surface area (Å²) in [7, 11) is 3.54. The summed E-state index contributed by atoms with van der Waals surface area (Å²) in [5.41, 5.74) is 1.13. The third-order valence-corrected chi connectivity index (χ3v) is 9.80. The fourth-order valence-electron chi connectivity index (χ4n) is 7.87. The number of anilines is 2. The number of nitrogens with zero attached hydrogens (tertiary/aromatic N) is 6. The van der Waals surface area contributed by atoms with Gasteiger partial charge in [0.1, 0.15) is 28.8 Å². The summed E-state index contributed by atoms with van der Waals surface area (Å²) < 4.78 is 7.85. The molecule has 12 nitrogen and oxygen atoms in total. The normalized spacial score (nSPS) is 27.2. The van der Waals surface area contributed by atoms with Gasteiger partial charge in [-0.2, -0.15) is 4.98 Å². The van der Waals surface area contributed by atoms with Crippen molar-refractivity contribution in [2.24, 2.45) is 11.8 Å². The van der Waals surface area contributed by atoms with Crippen molar-refractivity contribution in [3.05, 3.63) is 41.9 Å². The van der Waals surface area contributed by atoms with Crippen molar-refractivity contribution in [3.63, 3.8) is 0 Å². The molecule has 2 aliphatic heterocycles. The molecule has 238 valence electrons. The number of likely N-dealkylation sites (tertiary alicyclic amines) is 1. The Morgan fingerprint density at radius 3 is 2.53 bits per heavy atom. The fraction of sp³-hybridized carbons (Fsp3) is 0.576. The Labute approximate surface area is 262 Å². The number of piperazine rings is 1. The van der Waals surface area contributed by atoms with Gasteiger partial charge < -0.3 is 29.7 Å². The van der Waals surface area contributed by atoms with E-state index < -0.39 is 17.6 Å². The zero-order valence-electron chi connectivity index (χ0n) is 26.6. The minimum absolute atomic E-state index is 0.0430. The highest BCUT2D eigenvalue weighted by atomic mass is 16.6. The molecule has 2 N–H and O–H groups in total. The number of carbonyl (C=O) groups excluding carboxylic acids is 3. The molecule has 4 aliphatic rings. The molecule has 6 atom stereocenters. The monoisotopic (exact) mass is 614 g/mol. The van der Waals surface area contributed by atoms with E-state index in [1.807, 2.05) is 26.8 Å². The lowest BCUT2D eigenvalue weighted by Gasteiger charge is -2.40.